The van der Waals surface area contributed by atoms with Crippen molar-refractivity contribution in [1.82, 2.24) is 10.3 Å². The summed E-state index contributed by atoms with van der Waals surface area (Å²) in [6.07, 6.45) is 4.27. The molecule has 6 heteroatoms. The third-order valence-corrected chi connectivity index (χ3v) is 4.06. The first-order chi connectivity index (χ1) is 11.1. The molecule has 1 aliphatic heterocycles. The Labute approximate surface area is 139 Å². The van der Waals surface area contributed by atoms with E-state index in [4.69, 9.17) is 11.6 Å². The molecule has 1 unspecified atom stereocenters. The molecule has 0 spiro atoms. The van der Waals surface area contributed by atoms with E-state index in [-0.39, 0.29) is 11.8 Å². The lowest BCUT2D eigenvalue weighted by atomic mass is 10.2. The number of rotatable bonds is 4. The summed E-state index contributed by atoms with van der Waals surface area (Å²) in [5.41, 5.74) is 1.61. The van der Waals surface area contributed by atoms with Crippen LogP contribution in [-0.4, -0.2) is 22.8 Å². The van der Waals surface area contributed by atoms with Gasteiger partial charge in [-0.05, 0) is 42.3 Å². The van der Waals surface area contributed by atoms with Gasteiger partial charge in [0, 0.05) is 36.1 Å². The molecule has 0 saturated carbocycles. The van der Waals surface area contributed by atoms with Crippen LogP contribution in [0.3, 0.4) is 0 Å². The van der Waals surface area contributed by atoms with Gasteiger partial charge in [0.05, 0.1) is 0 Å². The normalized spacial score (nSPS) is 17.3. The van der Waals surface area contributed by atoms with E-state index in [1.54, 1.807) is 41.6 Å². The predicted octanol–water partition coefficient (Wildman–Crippen LogP) is 2.55. The Hall–Kier alpha value is -2.40. The van der Waals surface area contributed by atoms with E-state index in [1.165, 1.54) is 0 Å². The standard InChI is InChI=1S/C17H16ClN3O2/c18-13-3-5-14(6-4-13)21-15(7-8-16(21)22)17(23)20-11-12-2-1-9-19-10-12/h1-6,9-10,15H,7-8,11H2,(H,20,23). The number of carbonyl (C=O) groups excluding carboxylic acids is 2. The average molecular weight is 330 g/mol. The van der Waals surface area contributed by atoms with E-state index >= 15 is 0 Å². The maximum Gasteiger partial charge on any atom is 0.243 e. The second-order valence-corrected chi connectivity index (χ2v) is 5.81. The second kappa shape index (κ2) is 6.79. The molecule has 3 rings (SSSR count). The minimum atomic E-state index is -0.486. The Bertz CT molecular complexity index is 704. The molecule has 1 aliphatic rings. The van der Waals surface area contributed by atoms with Crippen LogP contribution in [0.4, 0.5) is 5.69 Å². The van der Waals surface area contributed by atoms with Crippen LogP contribution >= 0.6 is 11.6 Å². The number of anilines is 1. The van der Waals surface area contributed by atoms with Crippen LogP contribution in [0.15, 0.2) is 48.8 Å². The molecule has 1 N–H and O–H groups in total. The maximum absolute atomic E-state index is 12.5. The number of nitrogens with zero attached hydrogens (tertiary/aromatic N) is 2. The fourth-order valence-corrected chi connectivity index (χ4v) is 2.79. The highest BCUT2D eigenvalue weighted by atomic mass is 35.5. The number of amides is 2. The molecule has 23 heavy (non-hydrogen) atoms. The van der Waals surface area contributed by atoms with Crippen LogP contribution in [0, 0.1) is 0 Å². The number of hydrogen-bond donors (Lipinski definition) is 1. The molecule has 0 aliphatic carbocycles. The zero-order valence-electron chi connectivity index (χ0n) is 12.4. The van der Waals surface area contributed by atoms with Crippen molar-refractivity contribution in [1.29, 1.82) is 0 Å². The Kier molecular flexibility index (Phi) is 4.57. The monoisotopic (exact) mass is 329 g/mol. The number of aromatic nitrogens is 1. The van der Waals surface area contributed by atoms with Gasteiger partial charge in [-0.3, -0.25) is 19.5 Å². The molecule has 2 heterocycles. The largest absolute Gasteiger partial charge is 0.350 e. The highest BCUT2D eigenvalue weighted by Crippen LogP contribution is 2.27. The number of nitrogens with one attached hydrogen (secondary N) is 1. The Morgan fingerprint density at radius 1 is 1.30 bits per heavy atom. The first kappa shape index (κ1) is 15.5. The molecule has 2 aromatic rings. The summed E-state index contributed by atoms with van der Waals surface area (Å²) in [4.78, 5) is 30.2. The molecule has 5 nitrogen and oxygen atoms in total. The van der Waals surface area contributed by atoms with Gasteiger partial charge in [-0.25, -0.2) is 0 Å². The lowest BCUT2D eigenvalue weighted by Gasteiger charge is -2.24. The average Bonchev–Trinajstić information content (AvgIpc) is 2.96. The molecular weight excluding hydrogens is 314 g/mol. The summed E-state index contributed by atoms with van der Waals surface area (Å²) in [7, 11) is 0. The Balaban J connectivity index is 1.71. The molecular formula is C17H16ClN3O2. The van der Waals surface area contributed by atoms with Crippen molar-refractivity contribution >= 4 is 29.1 Å². The number of benzene rings is 1. The quantitative estimate of drug-likeness (QED) is 0.937. The van der Waals surface area contributed by atoms with Crippen molar-refractivity contribution in [2.75, 3.05) is 4.90 Å². The van der Waals surface area contributed by atoms with Crippen molar-refractivity contribution in [3.63, 3.8) is 0 Å². The third-order valence-electron chi connectivity index (χ3n) is 3.81. The maximum atomic E-state index is 12.5. The van der Waals surface area contributed by atoms with E-state index < -0.39 is 6.04 Å². The SMILES string of the molecule is O=C(NCc1cccnc1)C1CCC(=O)N1c1ccc(Cl)cc1. The number of pyridine rings is 1. The van der Waals surface area contributed by atoms with E-state index in [1.807, 2.05) is 12.1 Å². The van der Waals surface area contributed by atoms with Crippen molar-refractivity contribution in [2.45, 2.75) is 25.4 Å². The summed E-state index contributed by atoms with van der Waals surface area (Å²) >= 11 is 5.88. The fraction of sp³-hybridized carbons (Fsp3) is 0.235. The van der Waals surface area contributed by atoms with Crippen LogP contribution in [-0.2, 0) is 16.1 Å². The molecule has 2 amide bonds. The topological polar surface area (TPSA) is 62.3 Å². The smallest absolute Gasteiger partial charge is 0.243 e. The number of halogens is 1. The second-order valence-electron chi connectivity index (χ2n) is 5.37. The van der Waals surface area contributed by atoms with Crippen LogP contribution in [0.5, 0.6) is 0 Å². The molecule has 0 bridgehead atoms. The number of hydrogen-bond acceptors (Lipinski definition) is 3. The van der Waals surface area contributed by atoms with Crippen molar-refractivity contribution in [3.8, 4) is 0 Å². The zero-order valence-corrected chi connectivity index (χ0v) is 13.2. The van der Waals surface area contributed by atoms with Crippen molar-refractivity contribution in [2.24, 2.45) is 0 Å². The van der Waals surface area contributed by atoms with Crippen molar-refractivity contribution < 1.29 is 9.59 Å². The lowest BCUT2D eigenvalue weighted by Crippen LogP contribution is -2.44. The van der Waals surface area contributed by atoms with Gasteiger partial charge in [0.1, 0.15) is 6.04 Å². The van der Waals surface area contributed by atoms with E-state index in [9.17, 15) is 9.59 Å². The molecule has 1 saturated heterocycles. The summed E-state index contributed by atoms with van der Waals surface area (Å²) in [6, 6.07) is 10.2. The lowest BCUT2D eigenvalue weighted by molar-refractivity contribution is -0.124. The molecule has 1 fully saturated rings. The molecule has 1 aromatic heterocycles. The highest BCUT2D eigenvalue weighted by Gasteiger charge is 2.36. The fourth-order valence-electron chi connectivity index (χ4n) is 2.67. The van der Waals surface area contributed by atoms with Gasteiger partial charge in [0.2, 0.25) is 11.8 Å². The molecule has 0 radical (unpaired) electrons. The van der Waals surface area contributed by atoms with Gasteiger partial charge < -0.3 is 5.32 Å². The van der Waals surface area contributed by atoms with Crippen molar-refractivity contribution in [3.05, 3.63) is 59.4 Å². The number of carbonyl (C=O) groups is 2. The van der Waals surface area contributed by atoms with Gasteiger partial charge >= 0.3 is 0 Å². The van der Waals surface area contributed by atoms with Gasteiger partial charge in [-0.1, -0.05) is 17.7 Å². The molecule has 118 valence electrons. The van der Waals surface area contributed by atoms with Crippen LogP contribution in [0.1, 0.15) is 18.4 Å². The minimum absolute atomic E-state index is 0.0474. The first-order valence-corrected chi connectivity index (χ1v) is 7.77. The summed E-state index contributed by atoms with van der Waals surface area (Å²) in [5, 5.41) is 3.47. The van der Waals surface area contributed by atoms with Gasteiger partial charge in [-0.15, -0.1) is 0 Å². The summed E-state index contributed by atoms with van der Waals surface area (Å²) < 4.78 is 0. The minimum Gasteiger partial charge on any atom is -0.350 e. The van der Waals surface area contributed by atoms with Gasteiger partial charge in [0.25, 0.3) is 0 Å². The molecule has 1 atom stereocenters. The summed E-state index contributed by atoms with van der Waals surface area (Å²) in [6.45, 7) is 0.395. The van der Waals surface area contributed by atoms with Crippen LogP contribution < -0.4 is 10.2 Å². The Morgan fingerprint density at radius 3 is 2.78 bits per heavy atom. The van der Waals surface area contributed by atoms with Crippen LogP contribution in [0.2, 0.25) is 5.02 Å². The van der Waals surface area contributed by atoms with Crippen LogP contribution in [0.25, 0.3) is 0 Å². The first-order valence-electron chi connectivity index (χ1n) is 7.39. The predicted molar refractivity (Wildman–Crippen MR) is 88.0 cm³/mol. The molecule has 1 aromatic carbocycles. The van der Waals surface area contributed by atoms with Gasteiger partial charge in [-0.2, -0.15) is 0 Å². The van der Waals surface area contributed by atoms with E-state index in [0.29, 0.717) is 30.1 Å². The Morgan fingerprint density at radius 2 is 2.09 bits per heavy atom. The van der Waals surface area contributed by atoms with E-state index in [0.717, 1.165) is 5.56 Å². The zero-order chi connectivity index (χ0) is 16.2. The summed E-state index contributed by atoms with van der Waals surface area (Å²) in [5.74, 6) is -0.205. The third kappa shape index (κ3) is 3.51. The van der Waals surface area contributed by atoms with Gasteiger partial charge in [0.15, 0.2) is 0 Å². The van der Waals surface area contributed by atoms with E-state index in [2.05, 4.69) is 10.3 Å². The highest BCUT2D eigenvalue weighted by molar-refractivity contribution is 6.30.